The van der Waals surface area contributed by atoms with Crippen LogP contribution in [-0.2, 0) is 4.74 Å². The van der Waals surface area contributed by atoms with E-state index in [0.29, 0.717) is 0 Å². The zero-order valence-electron chi connectivity index (χ0n) is 13.4. The Labute approximate surface area is 137 Å². The van der Waals surface area contributed by atoms with Crippen LogP contribution in [0.4, 0.5) is 0 Å². The molecule has 0 saturated carbocycles. The topological polar surface area (TPSA) is 42.8 Å². The van der Waals surface area contributed by atoms with Crippen molar-refractivity contribution in [1.29, 1.82) is 0 Å². The summed E-state index contributed by atoms with van der Waals surface area (Å²) >= 11 is 1.78. The first-order valence-corrected chi connectivity index (χ1v) is 9.21. The van der Waals surface area contributed by atoms with Gasteiger partial charge in [0.2, 0.25) is 0 Å². The van der Waals surface area contributed by atoms with Gasteiger partial charge in [-0.3, -0.25) is 4.79 Å². The summed E-state index contributed by atoms with van der Waals surface area (Å²) in [6.45, 7) is 7.63. The molecule has 1 saturated heterocycles. The van der Waals surface area contributed by atoms with E-state index in [2.05, 4.69) is 12.2 Å². The maximum Gasteiger partial charge on any atom is 0.252 e. The summed E-state index contributed by atoms with van der Waals surface area (Å²) < 4.78 is 5.35. The Kier molecular flexibility index (Phi) is 7.77. The number of amides is 1. The lowest BCUT2D eigenvalue weighted by molar-refractivity contribution is -0.906. The van der Waals surface area contributed by atoms with Crippen LogP contribution in [0.2, 0.25) is 0 Å². The molecule has 0 bridgehead atoms. The Balaban J connectivity index is 1.80. The van der Waals surface area contributed by atoms with Crippen molar-refractivity contribution in [3.63, 3.8) is 0 Å². The zero-order chi connectivity index (χ0) is 15.6. The SMILES string of the molecule is CCCCSc1ccccc1C(=O)NCC[NH+]1CCOCC1. The van der Waals surface area contributed by atoms with Gasteiger partial charge in [-0.05, 0) is 24.3 Å². The molecule has 5 heteroatoms. The number of carbonyl (C=O) groups excluding carboxylic acids is 1. The smallest absolute Gasteiger partial charge is 0.252 e. The summed E-state index contributed by atoms with van der Waals surface area (Å²) in [7, 11) is 0. The molecule has 1 amide bonds. The van der Waals surface area contributed by atoms with Crippen LogP contribution in [-0.4, -0.2) is 51.1 Å². The van der Waals surface area contributed by atoms with Gasteiger partial charge >= 0.3 is 0 Å². The monoisotopic (exact) mass is 323 g/mol. The maximum absolute atomic E-state index is 12.4. The van der Waals surface area contributed by atoms with Crippen LogP contribution in [0.25, 0.3) is 0 Å². The molecule has 0 radical (unpaired) electrons. The van der Waals surface area contributed by atoms with Crippen molar-refractivity contribution < 1.29 is 14.4 Å². The van der Waals surface area contributed by atoms with Gasteiger partial charge in [-0.1, -0.05) is 25.5 Å². The van der Waals surface area contributed by atoms with E-state index < -0.39 is 0 Å². The number of carbonyl (C=O) groups is 1. The molecule has 1 aromatic carbocycles. The van der Waals surface area contributed by atoms with E-state index in [4.69, 9.17) is 4.74 Å². The van der Waals surface area contributed by atoms with E-state index in [1.165, 1.54) is 17.7 Å². The van der Waals surface area contributed by atoms with Gasteiger partial charge in [0.15, 0.2) is 0 Å². The Hall–Kier alpha value is -1.04. The van der Waals surface area contributed by atoms with Crippen molar-refractivity contribution in [2.75, 3.05) is 45.1 Å². The number of hydrogen-bond acceptors (Lipinski definition) is 3. The third-order valence-corrected chi connectivity index (χ3v) is 5.01. The van der Waals surface area contributed by atoms with Gasteiger partial charge in [-0.25, -0.2) is 0 Å². The van der Waals surface area contributed by atoms with Gasteiger partial charge in [0, 0.05) is 4.90 Å². The Morgan fingerprint density at radius 3 is 2.86 bits per heavy atom. The normalized spacial score (nSPS) is 15.7. The second-order valence-corrected chi connectivity index (χ2v) is 6.70. The van der Waals surface area contributed by atoms with Crippen molar-refractivity contribution in [3.8, 4) is 0 Å². The number of ether oxygens (including phenoxy) is 1. The number of unbranched alkanes of at least 4 members (excludes halogenated alkanes) is 1. The molecule has 1 fully saturated rings. The zero-order valence-corrected chi connectivity index (χ0v) is 14.2. The van der Waals surface area contributed by atoms with Gasteiger partial charge in [0.05, 0.1) is 31.9 Å². The first kappa shape index (κ1) is 17.3. The molecule has 2 N–H and O–H groups in total. The highest BCUT2D eigenvalue weighted by molar-refractivity contribution is 7.99. The Morgan fingerprint density at radius 2 is 2.09 bits per heavy atom. The van der Waals surface area contributed by atoms with Gasteiger partial charge in [0.1, 0.15) is 13.1 Å². The lowest BCUT2D eigenvalue weighted by Crippen LogP contribution is -3.14. The first-order chi connectivity index (χ1) is 10.8. The standard InChI is InChI=1S/C17H26N2O2S/c1-2-3-14-22-16-7-5-4-6-15(16)17(20)18-8-9-19-10-12-21-13-11-19/h4-7H,2-3,8-14H2,1H3,(H,18,20)/p+1. The predicted molar refractivity (Wildman–Crippen MR) is 90.8 cm³/mol. The van der Waals surface area contributed by atoms with E-state index >= 15 is 0 Å². The van der Waals surface area contributed by atoms with E-state index in [9.17, 15) is 4.79 Å². The van der Waals surface area contributed by atoms with Crippen LogP contribution in [0.3, 0.4) is 0 Å². The van der Waals surface area contributed by atoms with Crippen LogP contribution >= 0.6 is 11.8 Å². The molecular formula is C17H27N2O2S+. The fourth-order valence-electron chi connectivity index (χ4n) is 2.46. The molecule has 22 heavy (non-hydrogen) atoms. The van der Waals surface area contributed by atoms with Crippen molar-refractivity contribution >= 4 is 17.7 Å². The van der Waals surface area contributed by atoms with Crippen LogP contribution in [0, 0.1) is 0 Å². The van der Waals surface area contributed by atoms with E-state index in [0.717, 1.165) is 55.6 Å². The fourth-order valence-corrected chi connectivity index (χ4v) is 3.61. The van der Waals surface area contributed by atoms with Gasteiger partial charge in [-0.2, -0.15) is 0 Å². The third kappa shape index (κ3) is 5.63. The minimum atomic E-state index is 0.0484. The highest BCUT2D eigenvalue weighted by Gasteiger charge is 2.15. The summed E-state index contributed by atoms with van der Waals surface area (Å²) in [5, 5.41) is 3.06. The molecule has 122 valence electrons. The van der Waals surface area contributed by atoms with Crippen molar-refractivity contribution in [3.05, 3.63) is 29.8 Å². The van der Waals surface area contributed by atoms with Crippen LogP contribution < -0.4 is 10.2 Å². The second kappa shape index (κ2) is 9.87. The number of rotatable bonds is 8. The first-order valence-electron chi connectivity index (χ1n) is 8.22. The molecule has 0 atom stereocenters. The summed E-state index contributed by atoms with van der Waals surface area (Å²) in [5.41, 5.74) is 0.806. The highest BCUT2D eigenvalue weighted by atomic mass is 32.2. The number of morpholine rings is 1. The molecular weight excluding hydrogens is 296 g/mol. The van der Waals surface area contributed by atoms with E-state index in [1.807, 2.05) is 24.3 Å². The van der Waals surface area contributed by atoms with E-state index in [-0.39, 0.29) is 5.91 Å². The molecule has 1 aromatic rings. The number of hydrogen-bond donors (Lipinski definition) is 2. The molecule has 0 unspecified atom stereocenters. The van der Waals surface area contributed by atoms with Crippen LogP contribution in [0.1, 0.15) is 30.1 Å². The van der Waals surface area contributed by atoms with Gasteiger partial charge in [0.25, 0.3) is 5.91 Å². The van der Waals surface area contributed by atoms with Gasteiger partial charge < -0.3 is 15.0 Å². The largest absolute Gasteiger partial charge is 0.370 e. The third-order valence-electron chi connectivity index (χ3n) is 3.85. The minimum Gasteiger partial charge on any atom is -0.370 e. The van der Waals surface area contributed by atoms with Crippen molar-refractivity contribution in [1.82, 2.24) is 5.32 Å². The Morgan fingerprint density at radius 1 is 1.32 bits per heavy atom. The minimum absolute atomic E-state index is 0.0484. The summed E-state index contributed by atoms with van der Waals surface area (Å²) in [6, 6.07) is 7.91. The molecule has 2 rings (SSSR count). The number of quaternary nitrogens is 1. The molecule has 0 aliphatic carbocycles. The lowest BCUT2D eigenvalue weighted by Gasteiger charge is -2.23. The quantitative estimate of drug-likeness (QED) is 0.558. The number of thioether (sulfide) groups is 1. The summed E-state index contributed by atoms with van der Waals surface area (Å²) in [6.07, 6.45) is 2.37. The highest BCUT2D eigenvalue weighted by Crippen LogP contribution is 2.23. The van der Waals surface area contributed by atoms with Crippen molar-refractivity contribution in [2.24, 2.45) is 0 Å². The molecule has 1 aliphatic heterocycles. The number of benzene rings is 1. The average molecular weight is 323 g/mol. The Bertz CT molecular complexity index is 462. The van der Waals surface area contributed by atoms with Gasteiger partial charge in [-0.15, -0.1) is 11.8 Å². The lowest BCUT2D eigenvalue weighted by atomic mass is 10.2. The molecule has 4 nitrogen and oxygen atoms in total. The summed E-state index contributed by atoms with van der Waals surface area (Å²) in [5.74, 6) is 1.12. The molecule has 0 aromatic heterocycles. The van der Waals surface area contributed by atoms with Crippen LogP contribution in [0.15, 0.2) is 29.2 Å². The molecule has 1 aliphatic rings. The fraction of sp³-hybridized carbons (Fsp3) is 0.588. The molecule has 1 heterocycles. The predicted octanol–water partition coefficient (Wildman–Crippen LogP) is 1.22. The second-order valence-electron chi connectivity index (χ2n) is 5.57. The maximum atomic E-state index is 12.4. The van der Waals surface area contributed by atoms with E-state index in [1.54, 1.807) is 11.8 Å². The van der Waals surface area contributed by atoms with Crippen LogP contribution in [0.5, 0.6) is 0 Å². The number of nitrogens with one attached hydrogen (secondary N) is 2. The van der Waals surface area contributed by atoms with Crippen molar-refractivity contribution in [2.45, 2.75) is 24.7 Å². The average Bonchev–Trinajstić information content (AvgIpc) is 2.56. The summed E-state index contributed by atoms with van der Waals surface area (Å²) in [4.78, 5) is 15.0. The molecule has 0 spiro atoms.